The number of rotatable bonds is 2. The van der Waals surface area contributed by atoms with Gasteiger partial charge in [-0.15, -0.1) is 19.1 Å². The summed E-state index contributed by atoms with van der Waals surface area (Å²) in [4.78, 5) is 10.5. The second-order valence-electron chi connectivity index (χ2n) is 3.05. The summed E-state index contributed by atoms with van der Waals surface area (Å²) in [6, 6.07) is 15.1. The normalized spacial score (nSPS) is 8.38. The first kappa shape index (κ1) is 14.7. The predicted octanol–water partition coefficient (Wildman–Crippen LogP) is 3.02. The van der Waals surface area contributed by atoms with Crippen LogP contribution in [0.15, 0.2) is 48.5 Å². The van der Waals surface area contributed by atoms with Gasteiger partial charge in [0.2, 0.25) is 0 Å². The van der Waals surface area contributed by atoms with Crippen LogP contribution in [0.1, 0.15) is 17.3 Å². The molecule has 0 aliphatic rings. The summed E-state index contributed by atoms with van der Waals surface area (Å²) in [6.07, 6.45) is 0. The van der Waals surface area contributed by atoms with Gasteiger partial charge in [0.1, 0.15) is 0 Å². The second kappa shape index (κ2) is 7.91. The van der Waals surface area contributed by atoms with E-state index in [1.54, 1.807) is 14.0 Å². The van der Waals surface area contributed by atoms with Crippen LogP contribution in [0.5, 0.6) is 5.75 Å². The van der Waals surface area contributed by atoms with Crippen LogP contribution in [0, 0.1) is 0 Å². The van der Waals surface area contributed by atoms with E-state index < -0.39 is 0 Å². The molecule has 92 valence electrons. The summed E-state index contributed by atoms with van der Waals surface area (Å²) < 4.78 is 4.85. The van der Waals surface area contributed by atoms with Gasteiger partial charge in [-0.3, -0.25) is 5.78 Å². The van der Waals surface area contributed by atoms with E-state index in [2.05, 4.69) is 0 Å². The van der Waals surface area contributed by atoms with Crippen molar-refractivity contribution in [2.45, 2.75) is 6.92 Å². The number of carbonyl (C=O) groups excluding carboxylic acids is 1. The smallest absolute Gasteiger partial charge is 0.0606 e. The first-order valence-electron chi connectivity index (χ1n) is 4.72. The van der Waals surface area contributed by atoms with Crippen LogP contribution in [0.3, 0.4) is 0 Å². The number of hydrogen-bond acceptors (Lipinski definition) is 2. The van der Waals surface area contributed by atoms with E-state index in [4.69, 9.17) is 4.74 Å². The first-order chi connectivity index (χ1) is 7.24. The molecule has 0 aromatic heterocycles. The largest absolute Gasteiger partial charge is 0.718 e. The first-order valence-corrected chi connectivity index (χ1v) is 4.72. The van der Waals surface area contributed by atoms with Gasteiger partial charge >= 0.3 is 0 Å². The molecule has 0 aliphatic heterocycles. The molecule has 16 heavy (non-hydrogen) atoms. The zero-order valence-corrected chi connectivity index (χ0v) is 10.4. The third-order valence-corrected chi connectivity index (χ3v) is 1.94. The van der Waals surface area contributed by atoms with Crippen molar-refractivity contribution in [3.63, 3.8) is 0 Å². The minimum atomic E-state index is 0. The molecule has 0 atom stereocenters. The molecule has 0 amide bonds. The van der Waals surface area contributed by atoms with Gasteiger partial charge in [0.15, 0.2) is 0 Å². The van der Waals surface area contributed by atoms with Crippen molar-refractivity contribution in [1.29, 1.82) is 0 Å². The molecule has 2 nitrogen and oxygen atoms in total. The maximum Gasteiger partial charge on any atom is 0.0606 e. The zero-order valence-electron chi connectivity index (χ0n) is 9.29. The van der Waals surface area contributed by atoms with Gasteiger partial charge in [0, 0.05) is 22.8 Å². The van der Waals surface area contributed by atoms with E-state index in [-0.39, 0.29) is 22.9 Å². The number of Topliss-reactive ketones (excluding diaryl/α,β-unsaturated/α-hetero) is 1. The van der Waals surface area contributed by atoms with Gasteiger partial charge < -0.3 is 39.4 Å². The van der Waals surface area contributed by atoms with Gasteiger partial charge in [-0.1, -0.05) is 0 Å². The van der Waals surface area contributed by atoms with Crippen LogP contribution in [-0.2, 0) is 17.1 Å². The summed E-state index contributed by atoms with van der Waals surface area (Å²) in [5.41, 5.74) is 0.796. The molecule has 0 radical (unpaired) electrons. The summed E-state index contributed by atoms with van der Waals surface area (Å²) in [6.45, 7) is 1.56. The van der Waals surface area contributed by atoms with Gasteiger partial charge in [-0.2, -0.15) is 0 Å². The van der Waals surface area contributed by atoms with Crippen molar-refractivity contribution >= 4 is 5.78 Å². The Balaban J connectivity index is 0.000000267. The molecule has 2 aromatic rings. The molecule has 0 bridgehead atoms. The molecule has 2 aromatic carbocycles. The summed E-state index contributed by atoms with van der Waals surface area (Å²) in [5, 5.41) is 0. The SMILES string of the molecule is CC(=O)[c-]1[cH-][cH-][cH-][cH-]1.CO[c-]1cccc1.[Fe]. The minimum Gasteiger partial charge on any atom is -0.718 e. The summed E-state index contributed by atoms with van der Waals surface area (Å²) >= 11 is 0. The molecular weight excluding hydrogens is 244 g/mol. The van der Waals surface area contributed by atoms with Gasteiger partial charge in [-0.25, -0.2) is 12.1 Å². The van der Waals surface area contributed by atoms with Crippen molar-refractivity contribution in [3.8, 4) is 5.75 Å². The van der Waals surface area contributed by atoms with Crippen molar-refractivity contribution < 1.29 is 26.6 Å². The molecular formula is C13H14FeO2-6. The van der Waals surface area contributed by atoms with E-state index in [1.165, 1.54) is 0 Å². The number of ether oxygens (including phenoxy) is 1. The van der Waals surface area contributed by atoms with Gasteiger partial charge in [0.05, 0.1) is 7.11 Å². The Morgan fingerprint density at radius 1 is 1.19 bits per heavy atom. The van der Waals surface area contributed by atoms with E-state index in [0.717, 1.165) is 11.3 Å². The molecule has 0 saturated heterocycles. The molecule has 0 saturated carbocycles. The predicted molar refractivity (Wildman–Crippen MR) is 60.6 cm³/mol. The van der Waals surface area contributed by atoms with Crippen LogP contribution in [0.25, 0.3) is 0 Å². The Morgan fingerprint density at radius 2 is 1.69 bits per heavy atom. The second-order valence-corrected chi connectivity index (χ2v) is 3.05. The van der Waals surface area contributed by atoms with E-state index in [1.807, 2.05) is 48.5 Å². The number of ketones is 1. The molecule has 0 aliphatic carbocycles. The van der Waals surface area contributed by atoms with E-state index in [9.17, 15) is 4.79 Å². The third kappa shape index (κ3) is 4.96. The molecule has 0 fully saturated rings. The average molecular weight is 258 g/mol. The Bertz CT molecular complexity index is 374. The summed E-state index contributed by atoms with van der Waals surface area (Å²) in [5.74, 6) is 1.06. The van der Waals surface area contributed by atoms with Crippen molar-refractivity contribution in [2.75, 3.05) is 7.11 Å². The molecule has 0 N–H and O–H groups in total. The van der Waals surface area contributed by atoms with Gasteiger partial charge in [-0.05, 0) is 0 Å². The quantitative estimate of drug-likeness (QED) is 0.470. The maximum atomic E-state index is 10.5. The molecule has 0 unspecified atom stereocenters. The fourth-order valence-corrected chi connectivity index (χ4v) is 1.10. The molecule has 0 spiro atoms. The van der Waals surface area contributed by atoms with Crippen LogP contribution < -0.4 is 4.74 Å². The van der Waals surface area contributed by atoms with Crippen LogP contribution in [0.4, 0.5) is 0 Å². The zero-order chi connectivity index (χ0) is 11.1. The topological polar surface area (TPSA) is 26.3 Å². The Morgan fingerprint density at radius 3 is 1.94 bits per heavy atom. The Labute approximate surface area is 106 Å². The molecule has 0 heterocycles. The Hall–Kier alpha value is -1.31. The average Bonchev–Trinajstić information content (AvgIpc) is 2.92. The number of hydrogen-bond donors (Lipinski definition) is 0. The third-order valence-electron chi connectivity index (χ3n) is 1.94. The standard InChI is InChI=1S/C7H7O.C6H7O.Fe/c1-6(8)7-4-2-3-5-7;1-7-6-4-2-3-5-6;/h2-5H,1H3;2-5H,1H3;/q-5;-1;. The molecule has 3 heteroatoms. The number of methoxy groups -OCH3 is 1. The molecule has 2 rings (SSSR count). The van der Waals surface area contributed by atoms with Crippen molar-refractivity contribution in [1.82, 2.24) is 0 Å². The van der Waals surface area contributed by atoms with Crippen LogP contribution >= 0.6 is 0 Å². The van der Waals surface area contributed by atoms with Crippen molar-refractivity contribution in [2.24, 2.45) is 0 Å². The van der Waals surface area contributed by atoms with E-state index in [0.29, 0.717) is 0 Å². The van der Waals surface area contributed by atoms with Crippen LogP contribution in [-0.4, -0.2) is 12.9 Å². The summed E-state index contributed by atoms with van der Waals surface area (Å²) in [7, 11) is 1.66. The monoisotopic (exact) mass is 258 g/mol. The maximum absolute atomic E-state index is 10.5. The van der Waals surface area contributed by atoms with E-state index >= 15 is 0 Å². The Kier molecular flexibility index (Phi) is 7.27. The van der Waals surface area contributed by atoms with Crippen molar-refractivity contribution in [3.05, 3.63) is 54.1 Å². The number of carbonyl (C=O) groups is 1. The van der Waals surface area contributed by atoms with Crippen LogP contribution in [0.2, 0.25) is 0 Å². The fraction of sp³-hybridized carbons (Fsp3) is 0.154. The van der Waals surface area contributed by atoms with Gasteiger partial charge in [0.25, 0.3) is 0 Å². The fourth-order valence-electron chi connectivity index (χ4n) is 1.10. The minimum absolute atomic E-state index is 0.